The zero-order valence-electron chi connectivity index (χ0n) is 16.0. The highest BCUT2D eigenvalue weighted by Crippen LogP contribution is 2.29. The fourth-order valence-electron chi connectivity index (χ4n) is 2.61. The van der Waals surface area contributed by atoms with Crippen LogP contribution in [0.5, 0.6) is 5.75 Å². The molecule has 0 radical (unpaired) electrons. The van der Waals surface area contributed by atoms with Gasteiger partial charge in [0.25, 0.3) is 0 Å². The van der Waals surface area contributed by atoms with Crippen molar-refractivity contribution < 1.29 is 14.3 Å². The van der Waals surface area contributed by atoms with E-state index in [4.69, 9.17) is 27.9 Å². The van der Waals surface area contributed by atoms with Crippen LogP contribution in [-0.4, -0.2) is 44.0 Å². The van der Waals surface area contributed by atoms with Crippen LogP contribution in [-0.2, 0) is 9.59 Å². The van der Waals surface area contributed by atoms with E-state index in [1.165, 1.54) is 4.90 Å². The molecule has 0 saturated heterocycles. The predicted octanol–water partition coefficient (Wildman–Crippen LogP) is 3.75. The molecular formula is C20H23Cl2N3O3. The van der Waals surface area contributed by atoms with Gasteiger partial charge in [-0.1, -0.05) is 47.5 Å². The van der Waals surface area contributed by atoms with Crippen LogP contribution < -0.4 is 15.4 Å². The van der Waals surface area contributed by atoms with Crippen LogP contribution in [0.25, 0.3) is 0 Å². The van der Waals surface area contributed by atoms with E-state index in [9.17, 15) is 9.59 Å². The summed E-state index contributed by atoms with van der Waals surface area (Å²) < 4.78 is 5.34. The first-order valence-corrected chi connectivity index (χ1v) is 9.43. The van der Waals surface area contributed by atoms with Crippen LogP contribution >= 0.6 is 23.2 Å². The lowest BCUT2D eigenvalue weighted by Crippen LogP contribution is -2.40. The molecule has 28 heavy (non-hydrogen) atoms. The summed E-state index contributed by atoms with van der Waals surface area (Å²) in [6.45, 7) is 1.90. The Hall–Kier alpha value is -2.28. The minimum absolute atomic E-state index is 0.0792. The van der Waals surface area contributed by atoms with Crippen molar-refractivity contribution in [1.29, 1.82) is 0 Å². The Labute approximate surface area is 174 Å². The number of nitrogens with one attached hydrogen (secondary N) is 2. The Morgan fingerprint density at radius 1 is 1.11 bits per heavy atom. The zero-order valence-corrected chi connectivity index (χ0v) is 17.5. The van der Waals surface area contributed by atoms with Crippen LogP contribution in [0.1, 0.15) is 18.5 Å². The third kappa shape index (κ3) is 5.86. The summed E-state index contributed by atoms with van der Waals surface area (Å²) in [7, 11) is 3.17. The SMILES string of the molecule is COc1ccccc1[C@@H](C)NCC(=O)N(C)CC(=O)Nc1c(Cl)cccc1Cl. The number of hydrogen-bond acceptors (Lipinski definition) is 4. The maximum atomic E-state index is 12.4. The monoisotopic (exact) mass is 423 g/mol. The Morgan fingerprint density at radius 2 is 1.75 bits per heavy atom. The highest BCUT2D eigenvalue weighted by molar-refractivity contribution is 6.39. The number of carbonyl (C=O) groups is 2. The second-order valence-corrected chi connectivity index (χ2v) is 7.05. The lowest BCUT2D eigenvalue weighted by atomic mass is 10.1. The van der Waals surface area contributed by atoms with Crippen molar-refractivity contribution in [1.82, 2.24) is 10.2 Å². The first-order valence-electron chi connectivity index (χ1n) is 8.67. The predicted molar refractivity (Wildman–Crippen MR) is 112 cm³/mol. The maximum Gasteiger partial charge on any atom is 0.244 e. The number of hydrogen-bond donors (Lipinski definition) is 2. The van der Waals surface area contributed by atoms with Gasteiger partial charge in [0.2, 0.25) is 11.8 Å². The molecule has 8 heteroatoms. The molecule has 0 heterocycles. The normalized spacial score (nSPS) is 11.6. The first-order chi connectivity index (χ1) is 13.3. The fourth-order valence-corrected chi connectivity index (χ4v) is 3.10. The van der Waals surface area contributed by atoms with Gasteiger partial charge in [-0.05, 0) is 25.1 Å². The van der Waals surface area contributed by atoms with E-state index in [2.05, 4.69) is 10.6 Å². The lowest BCUT2D eigenvalue weighted by Gasteiger charge is -2.20. The standard InChI is InChI=1S/C20H23Cl2N3O3/c1-13(14-7-4-5-10-17(14)28-3)23-11-19(27)25(2)12-18(26)24-20-15(21)8-6-9-16(20)22/h4-10,13,23H,11-12H2,1-3H3,(H,24,26)/t13-/m1/s1. The second-order valence-electron chi connectivity index (χ2n) is 6.24. The number of ether oxygens (including phenoxy) is 1. The summed E-state index contributed by atoms with van der Waals surface area (Å²) in [5.41, 5.74) is 1.28. The van der Waals surface area contributed by atoms with E-state index < -0.39 is 0 Å². The van der Waals surface area contributed by atoms with E-state index in [-0.39, 0.29) is 30.9 Å². The van der Waals surface area contributed by atoms with Gasteiger partial charge < -0.3 is 20.3 Å². The summed E-state index contributed by atoms with van der Waals surface area (Å²) >= 11 is 12.1. The minimum Gasteiger partial charge on any atom is -0.496 e. The largest absolute Gasteiger partial charge is 0.496 e. The number of rotatable bonds is 8. The van der Waals surface area contributed by atoms with Crippen LogP contribution in [0.4, 0.5) is 5.69 Å². The fraction of sp³-hybridized carbons (Fsp3) is 0.300. The average molecular weight is 424 g/mol. The second kappa shape index (κ2) is 10.3. The van der Waals surface area contributed by atoms with Gasteiger partial charge in [-0.2, -0.15) is 0 Å². The highest BCUT2D eigenvalue weighted by Gasteiger charge is 2.17. The highest BCUT2D eigenvalue weighted by atomic mass is 35.5. The number of carbonyl (C=O) groups excluding carboxylic acids is 2. The molecule has 6 nitrogen and oxygen atoms in total. The number of methoxy groups -OCH3 is 1. The van der Waals surface area contributed by atoms with Crippen molar-refractivity contribution in [2.45, 2.75) is 13.0 Å². The Balaban J connectivity index is 1.88. The Bertz CT molecular complexity index is 825. The van der Waals surface area contributed by atoms with Gasteiger partial charge in [0.1, 0.15) is 5.75 Å². The smallest absolute Gasteiger partial charge is 0.244 e. The molecule has 2 amide bonds. The van der Waals surface area contributed by atoms with Crippen LogP contribution in [0.2, 0.25) is 10.0 Å². The zero-order chi connectivity index (χ0) is 20.7. The van der Waals surface area contributed by atoms with E-state index in [0.29, 0.717) is 15.7 Å². The lowest BCUT2D eigenvalue weighted by molar-refractivity contribution is -0.132. The summed E-state index contributed by atoms with van der Waals surface area (Å²) in [5.74, 6) is 0.144. The molecule has 2 N–H and O–H groups in total. The first kappa shape index (κ1) is 22.0. The molecule has 0 bridgehead atoms. The third-order valence-corrected chi connectivity index (χ3v) is 4.83. The van der Waals surface area contributed by atoms with Gasteiger partial charge in [0.05, 0.1) is 35.9 Å². The number of likely N-dealkylation sites (N-methyl/N-ethyl adjacent to an activating group) is 1. The molecule has 0 aliphatic heterocycles. The van der Waals surface area contributed by atoms with E-state index in [1.807, 2.05) is 31.2 Å². The van der Waals surface area contributed by atoms with Gasteiger partial charge in [-0.15, -0.1) is 0 Å². The maximum absolute atomic E-state index is 12.4. The van der Waals surface area contributed by atoms with Gasteiger partial charge >= 0.3 is 0 Å². The van der Waals surface area contributed by atoms with Crippen LogP contribution in [0, 0.1) is 0 Å². The molecule has 150 valence electrons. The summed E-state index contributed by atoms with van der Waals surface area (Å²) in [5, 5.41) is 6.46. The minimum atomic E-state index is -0.386. The summed E-state index contributed by atoms with van der Waals surface area (Å²) in [6.07, 6.45) is 0. The van der Waals surface area contributed by atoms with E-state index in [0.717, 1.165) is 11.3 Å². The van der Waals surface area contributed by atoms with E-state index >= 15 is 0 Å². The van der Waals surface area contributed by atoms with Crippen LogP contribution in [0.3, 0.4) is 0 Å². The molecule has 2 aromatic carbocycles. The molecule has 0 aromatic heterocycles. The molecule has 1 atom stereocenters. The van der Waals surface area contributed by atoms with Crippen molar-refractivity contribution in [2.75, 3.05) is 32.6 Å². The van der Waals surface area contributed by atoms with Crippen molar-refractivity contribution >= 4 is 40.7 Å². The van der Waals surface area contributed by atoms with Gasteiger partial charge in [-0.25, -0.2) is 0 Å². The molecule has 2 aromatic rings. The molecule has 0 unspecified atom stereocenters. The number of amides is 2. The van der Waals surface area contributed by atoms with Gasteiger partial charge in [-0.3, -0.25) is 9.59 Å². The number of nitrogens with zero attached hydrogens (tertiary/aromatic N) is 1. The summed E-state index contributed by atoms with van der Waals surface area (Å²) in [6, 6.07) is 12.4. The topological polar surface area (TPSA) is 70.7 Å². The number of halogens is 2. The Morgan fingerprint density at radius 3 is 2.39 bits per heavy atom. The molecule has 0 fully saturated rings. The molecule has 0 saturated carbocycles. The van der Waals surface area contributed by atoms with Crippen molar-refractivity contribution in [2.24, 2.45) is 0 Å². The van der Waals surface area contributed by atoms with Gasteiger partial charge in [0, 0.05) is 18.7 Å². The Kier molecular flexibility index (Phi) is 8.11. The van der Waals surface area contributed by atoms with Crippen molar-refractivity contribution in [3.05, 3.63) is 58.1 Å². The van der Waals surface area contributed by atoms with Crippen LogP contribution in [0.15, 0.2) is 42.5 Å². The third-order valence-electron chi connectivity index (χ3n) is 4.20. The summed E-state index contributed by atoms with van der Waals surface area (Å²) in [4.78, 5) is 25.9. The molecule has 0 spiro atoms. The quantitative estimate of drug-likeness (QED) is 0.677. The van der Waals surface area contributed by atoms with Crippen molar-refractivity contribution in [3.63, 3.8) is 0 Å². The number of benzene rings is 2. The van der Waals surface area contributed by atoms with Gasteiger partial charge in [0.15, 0.2) is 0 Å². The average Bonchev–Trinajstić information content (AvgIpc) is 2.68. The molecule has 0 aliphatic carbocycles. The molecule has 2 rings (SSSR count). The number of anilines is 1. The van der Waals surface area contributed by atoms with Crippen molar-refractivity contribution in [3.8, 4) is 5.75 Å². The number of para-hydroxylation sites is 2. The molecular weight excluding hydrogens is 401 g/mol. The molecule has 0 aliphatic rings. The van der Waals surface area contributed by atoms with E-state index in [1.54, 1.807) is 32.4 Å².